The summed E-state index contributed by atoms with van der Waals surface area (Å²) < 4.78 is 0. The highest BCUT2D eigenvalue weighted by Gasteiger charge is 2.21. The van der Waals surface area contributed by atoms with Crippen molar-refractivity contribution in [2.24, 2.45) is 11.8 Å². The van der Waals surface area contributed by atoms with Crippen molar-refractivity contribution in [2.75, 3.05) is 18.1 Å². The molecule has 0 radical (unpaired) electrons. The molecule has 0 aliphatic heterocycles. The summed E-state index contributed by atoms with van der Waals surface area (Å²) in [7, 11) is 0. The largest absolute Gasteiger partial charge is 0.481 e. The van der Waals surface area contributed by atoms with Crippen molar-refractivity contribution in [3.05, 3.63) is 0 Å². The minimum absolute atomic E-state index is 0.00607. The highest BCUT2D eigenvalue weighted by molar-refractivity contribution is 8.00. The summed E-state index contributed by atoms with van der Waals surface area (Å²) in [5.41, 5.74) is 0. The van der Waals surface area contributed by atoms with E-state index in [-0.39, 0.29) is 17.4 Å². The Balaban J connectivity index is 2.04. The first-order valence-corrected chi connectivity index (χ1v) is 6.79. The summed E-state index contributed by atoms with van der Waals surface area (Å²) in [6, 6.07) is 0. The number of rotatable bonds is 6. The molecule has 0 aromatic carbocycles. The van der Waals surface area contributed by atoms with Crippen LogP contribution in [-0.2, 0) is 9.59 Å². The number of aliphatic carboxylic acids is 1. The SMILES string of the molecule is CC1CCC(CNC(=O)CSCC(=O)O)C1. The predicted octanol–water partition coefficient (Wildman–Crippen LogP) is 1.36. The van der Waals surface area contributed by atoms with Gasteiger partial charge in [-0.3, -0.25) is 9.59 Å². The zero-order valence-corrected chi connectivity index (χ0v) is 10.4. The second-order valence-corrected chi connectivity index (χ2v) is 5.46. The van der Waals surface area contributed by atoms with Crippen molar-refractivity contribution in [1.29, 1.82) is 0 Å². The van der Waals surface area contributed by atoms with Gasteiger partial charge in [-0.15, -0.1) is 11.8 Å². The first kappa shape index (κ1) is 13.4. The van der Waals surface area contributed by atoms with Crippen molar-refractivity contribution in [3.63, 3.8) is 0 Å². The van der Waals surface area contributed by atoms with E-state index in [2.05, 4.69) is 12.2 Å². The van der Waals surface area contributed by atoms with E-state index in [9.17, 15) is 9.59 Å². The van der Waals surface area contributed by atoms with Gasteiger partial charge in [0.25, 0.3) is 0 Å². The van der Waals surface area contributed by atoms with Crippen molar-refractivity contribution in [3.8, 4) is 0 Å². The van der Waals surface area contributed by atoms with E-state index < -0.39 is 5.97 Å². The second-order valence-electron chi connectivity index (χ2n) is 4.47. The van der Waals surface area contributed by atoms with Crippen molar-refractivity contribution in [1.82, 2.24) is 5.32 Å². The number of hydrogen-bond donors (Lipinski definition) is 2. The number of nitrogens with one attached hydrogen (secondary N) is 1. The molecule has 1 saturated carbocycles. The number of thioether (sulfide) groups is 1. The lowest BCUT2D eigenvalue weighted by Gasteiger charge is -2.10. The van der Waals surface area contributed by atoms with Crippen LogP contribution in [0.15, 0.2) is 0 Å². The van der Waals surface area contributed by atoms with E-state index in [1.165, 1.54) is 19.3 Å². The molecule has 92 valence electrons. The molecule has 0 heterocycles. The number of carboxylic acid groups (broad SMARTS) is 1. The maximum Gasteiger partial charge on any atom is 0.313 e. The molecular weight excluding hydrogens is 226 g/mol. The molecule has 1 rings (SSSR count). The molecule has 2 N–H and O–H groups in total. The lowest BCUT2D eigenvalue weighted by Crippen LogP contribution is -2.30. The molecule has 4 nitrogen and oxygen atoms in total. The molecule has 1 fully saturated rings. The molecule has 2 atom stereocenters. The van der Waals surface area contributed by atoms with Gasteiger partial charge in [0.15, 0.2) is 0 Å². The topological polar surface area (TPSA) is 66.4 Å². The smallest absolute Gasteiger partial charge is 0.313 e. The summed E-state index contributed by atoms with van der Waals surface area (Å²) in [6.45, 7) is 2.99. The van der Waals surface area contributed by atoms with E-state index in [4.69, 9.17) is 5.11 Å². The summed E-state index contributed by atoms with van der Waals surface area (Å²) in [4.78, 5) is 21.6. The lowest BCUT2D eigenvalue weighted by atomic mass is 10.1. The fourth-order valence-corrected chi connectivity index (χ4v) is 2.61. The fourth-order valence-electron chi connectivity index (χ4n) is 2.05. The minimum Gasteiger partial charge on any atom is -0.481 e. The maximum absolute atomic E-state index is 11.3. The second kappa shape index (κ2) is 6.78. The Kier molecular flexibility index (Phi) is 5.66. The van der Waals surface area contributed by atoms with Gasteiger partial charge in [0, 0.05) is 6.54 Å². The van der Waals surface area contributed by atoms with E-state index in [1.54, 1.807) is 0 Å². The summed E-state index contributed by atoms with van der Waals surface area (Å²) in [5, 5.41) is 11.3. The molecule has 0 aromatic rings. The number of carbonyl (C=O) groups excluding carboxylic acids is 1. The maximum atomic E-state index is 11.3. The molecule has 1 aliphatic carbocycles. The van der Waals surface area contributed by atoms with Crippen LogP contribution < -0.4 is 5.32 Å². The quantitative estimate of drug-likeness (QED) is 0.741. The van der Waals surface area contributed by atoms with Crippen LogP contribution in [-0.4, -0.2) is 35.0 Å². The summed E-state index contributed by atoms with van der Waals surface area (Å²) >= 11 is 1.14. The average Bonchev–Trinajstić information content (AvgIpc) is 2.61. The lowest BCUT2D eigenvalue weighted by molar-refractivity contribution is -0.133. The normalized spacial score (nSPS) is 24.3. The third-order valence-corrected chi connectivity index (χ3v) is 3.77. The highest BCUT2D eigenvalue weighted by Crippen LogP contribution is 2.29. The summed E-state index contributed by atoms with van der Waals surface area (Å²) in [5.74, 6) is 0.711. The molecular formula is C11H19NO3S. The Labute approximate surface area is 100 Å². The monoisotopic (exact) mass is 245 g/mol. The number of carboxylic acids is 1. The van der Waals surface area contributed by atoms with Gasteiger partial charge >= 0.3 is 5.97 Å². The van der Waals surface area contributed by atoms with Crippen molar-refractivity contribution < 1.29 is 14.7 Å². The Bertz CT molecular complexity index is 258. The van der Waals surface area contributed by atoms with Crippen LogP contribution in [0.2, 0.25) is 0 Å². The van der Waals surface area contributed by atoms with Gasteiger partial charge < -0.3 is 10.4 Å². The molecule has 5 heteroatoms. The van der Waals surface area contributed by atoms with Crippen LogP contribution in [0.1, 0.15) is 26.2 Å². The summed E-state index contributed by atoms with van der Waals surface area (Å²) in [6.07, 6.45) is 3.65. The van der Waals surface area contributed by atoms with E-state index in [0.29, 0.717) is 5.92 Å². The molecule has 0 bridgehead atoms. The number of hydrogen-bond acceptors (Lipinski definition) is 3. The predicted molar refractivity (Wildman–Crippen MR) is 64.5 cm³/mol. The Morgan fingerprint density at radius 2 is 2.12 bits per heavy atom. The Morgan fingerprint density at radius 3 is 2.69 bits per heavy atom. The highest BCUT2D eigenvalue weighted by atomic mass is 32.2. The first-order valence-electron chi connectivity index (χ1n) is 5.64. The molecule has 1 amide bonds. The molecule has 0 spiro atoms. The molecule has 2 unspecified atom stereocenters. The third-order valence-electron chi connectivity index (χ3n) is 2.85. The zero-order valence-electron chi connectivity index (χ0n) is 9.57. The van der Waals surface area contributed by atoms with Gasteiger partial charge in [0.05, 0.1) is 11.5 Å². The van der Waals surface area contributed by atoms with Crippen LogP contribution in [0, 0.1) is 11.8 Å². The van der Waals surface area contributed by atoms with Crippen LogP contribution in [0.25, 0.3) is 0 Å². The number of amides is 1. The van der Waals surface area contributed by atoms with Crippen LogP contribution in [0.5, 0.6) is 0 Å². The minimum atomic E-state index is -0.873. The fraction of sp³-hybridized carbons (Fsp3) is 0.818. The van der Waals surface area contributed by atoms with Crippen LogP contribution in [0.3, 0.4) is 0 Å². The van der Waals surface area contributed by atoms with Crippen LogP contribution in [0.4, 0.5) is 0 Å². The van der Waals surface area contributed by atoms with Crippen LogP contribution >= 0.6 is 11.8 Å². The van der Waals surface area contributed by atoms with Gasteiger partial charge in [0.1, 0.15) is 0 Å². The molecule has 0 aromatic heterocycles. The van der Waals surface area contributed by atoms with Crippen molar-refractivity contribution >= 4 is 23.6 Å². The molecule has 0 saturated heterocycles. The Hall–Kier alpha value is -0.710. The van der Waals surface area contributed by atoms with E-state index in [1.807, 2.05) is 0 Å². The molecule has 16 heavy (non-hydrogen) atoms. The van der Waals surface area contributed by atoms with Crippen molar-refractivity contribution in [2.45, 2.75) is 26.2 Å². The third kappa shape index (κ3) is 5.39. The standard InChI is InChI=1S/C11H19NO3S/c1-8-2-3-9(4-8)5-12-10(13)6-16-7-11(14)15/h8-9H,2-7H2,1H3,(H,12,13)(H,14,15). The van der Waals surface area contributed by atoms with E-state index in [0.717, 1.165) is 24.2 Å². The number of carbonyl (C=O) groups is 2. The van der Waals surface area contributed by atoms with Gasteiger partial charge in [-0.05, 0) is 24.7 Å². The first-order chi connectivity index (χ1) is 7.58. The van der Waals surface area contributed by atoms with E-state index >= 15 is 0 Å². The van der Waals surface area contributed by atoms with Gasteiger partial charge in [0.2, 0.25) is 5.91 Å². The average molecular weight is 245 g/mol. The van der Waals surface area contributed by atoms with Gasteiger partial charge in [-0.25, -0.2) is 0 Å². The Morgan fingerprint density at radius 1 is 1.38 bits per heavy atom. The molecule has 1 aliphatic rings. The van der Waals surface area contributed by atoms with Gasteiger partial charge in [-0.1, -0.05) is 13.3 Å². The van der Waals surface area contributed by atoms with Gasteiger partial charge in [-0.2, -0.15) is 0 Å². The zero-order chi connectivity index (χ0) is 12.0.